The number of nitrogens with zero attached hydrogens (tertiary/aromatic N) is 1. The second-order valence-electron chi connectivity index (χ2n) is 6.27. The first-order chi connectivity index (χ1) is 10.4. The molecule has 5 rings (SSSR count). The Labute approximate surface area is 124 Å². The van der Waals surface area contributed by atoms with Crippen LogP contribution in [-0.2, 0) is 26.1 Å². The third kappa shape index (κ3) is 1.69. The molecule has 2 nitrogen and oxygen atoms in total. The van der Waals surface area contributed by atoms with E-state index >= 15 is 0 Å². The third-order valence-corrected chi connectivity index (χ3v) is 4.96. The highest BCUT2D eigenvalue weighted by Crippen LogP contribution is 2.33. The zero-order chi connectivity index (χ0) is 13.8. The summed E-state index contributed by atoms with van der Waals surface area (Å²) < 4.78 is 2.41. The van der Waals surface area contributed by atoms with Crippen LogP contribution in [0.1, 0.15) is 23.1 Å². The van der Waals surface area contributed by atoms with E-state index in [4.69, 9.17) is 0 Å². The first kappa shape index (κ1) is 11.6. The van der Waals surface area contributed by atoms with Crippen molar-refractivity contribution in [3.05, 3.63) is 59.3 Å². The van der Waals surface area contributed by atoms with Crippen LogP contribution in [0.3, 0.4) is 0 Å². The van der Waals surface area contributed by atoms with E-state index < -0.39 is 0 Å². The van der Waals surface area contributed by atoms with Crippen molar-refractivity contribution in [3.8, 4) is 11.1 Å². The van der Waals surface area contributed by atoms with Gasteiger partial charge in [-0.05, 0) is 64.9 Å². The Morgan fingerprint density at radius 1 is 0.857 bits per heavy atom. The minimum Gasteiger partial charge on any atom is -0.347 e. The quantitative estimate of drug-likeness (QED) is 0.713. The highest BCUT2D eigenvalue weighted by molar-refractivity contribution is 5.89. The van der Waals surface area contributed by atoms with Crippen LogP contribution in [0.2, 0.25) is 0 Å². The molecule has 0 aliphatic carbocycles. The van der Waals surface area contributed by atoms with Gasteiger partial charge in [-0.25, -0.2) is 0 Å². The van der Waals surface area contributed by atoms with Crippen molar-refractivity contribution in [1.82, 2.24) is 9.88 Å². The van der Waals surface area contributed by atoms with Crippen LogP contribution in [0.15, 0.2) is 42.6 Å². The summed E-state index contributed by atoms with van der Waals surface area (Å²) in [7, 11) is 0. The molecule has 0 amide bonds. The molecule has 0 radical (unpaired) electrons. The molecule has 0 spiro atoms. The molecule has 0 bridgehead atoms. The number of benzene rings is 2. The minimum atomic E-state index is 1.01. The van der Waals surface area contributed by atoms with Crippen molar-refractivity contribution in [2.75, 3.05) is 0 Å². The smallest absolute Gasteiger partial charge is 0.0513 e. The molecule has 0 saturated heterocycles. The molecule has 1 aromatic heterocycles. The Bertz CT molecular complexity index is 857. The first-order valence-corrected chi connectivity index (χ1v) is 7.83. The SMILES string of the molecule is c1cc2c(cc1-c1cc3c4c(ccn4CCC3)c1)CNC2. The highest BCUT2D eigenvalue weighted by atomic mass is 15.0. The zero-order valence-corrected chi connectivity index (χ0v) is 12.0. The number of fused-ring (bicyclic) bond motifs is 1. The van der Waals surface area contributed by atoms with Gasteiger partial charge in [0.05, 0.1) is 5.52 Å². The number of aromatic nitrogens is 1. The largest absolute Gasteiger partial charge is 0.347 e. The number of rotatable bonds is 1. The van der Waals surface area contributed by atoms with Crippen LogP contribution in [0.5, 0.6) is 0 Å². The fourth-order valence-corrected chi connectivity index (χ4v) is 3.90. The zero-order valence-electron chi connectivity index (χ0n) is 12.0. The summed E-state index contributed by atoms with van der Waals surface area (Å²) in [5.41, 5.74) is 8.59. The highest BCUT2D eigenvalue weighted by Gasteiger charge is 2.15. The molecule has 2 aliphatic rings. The molecule has 2 aliphatic heterocycles. The van der Waals surface area contributed by atoms with Gasteiger partial charge in [-0.15, -0.1) is 0 Å². The van der Waals surface area contributed by atoms with E-state index in [0.29, 0.717) is 0 Å². The van der Waals surface area contributed by atoms with Crippen LogP contribution in [0, 0.1) is 0 Å². The molecule has 0 fully saturated rings. The normalized spacial score (nSPS) is 16.4. The van der Waals surface area contributed by atoms with Crippen molar-refractivity contribution in [2.45, 2.75) is 32.5 Å². The summed E-state index contributed by atoms with van der Waals surface area (Å²) in [5.74, 6) is 0. The van der Waals surface area contributed by atoms with Gasteiger partial charge in [0.15, 0.2) is 0 Å². The molecule has 0 unspecified atom stereocenters. The molecule has 3 heterocycles. The fraction of sp³-hybridized carbons (Fsp3) is 0.263. The second-order valence-corrected chi connectivity index (χ2v) is 6.27. The Morgan fingerprint density at radius 2 is 1.76 bits per heavy atom. The Morgan fingerprint density at radius 3 is 2.76 bits per heavy atom. The molecule has 0 saturated carbocycles. The summed E-state index contributed by atoms with van der Waals surface area (Å²) in [4.78, 5) is 0. The Hall–Kier alpha value is -2.06. The lowest BCUT2D eigenvalue weighted by Gasteiger charge is -2.17. The molecular weight excluding hydrogens is 256 g/mol. The van der Waals surface area contributed by atoms with Gasteiger partial charge >= 0.3 is 0 Å². The molecule has 1 N–H and O–H groups in total. The molecule has 0 atom stereocenters. The van der Waals surface area contributed by atoms with Crippen molar-refractivity contribution in [2.24, 2.45) is 0 Å². The van der Waals surface area contributed by atoms with Gasteiger partial charge < -0.3 is 9.88 Å². The Balaban J connectivity index is 1.71. The van der Waals surface area contributed by atoms with E-state index in [-0.39, 0.29) is 0 Å². The van der Waals surface area contributed by atoms with E-state index in [9.17, 15) is 0 Å². The van der Waals surface area contributed by atoms with Crippen LogP contribution < -0.4 is 5.32 Å². The number of hydrogen-bond donors (Lipinski definition) is 1. The van der Waals surface area contributed by atoms with E-state index in [1.54, 1.807) is 0 Å². The summed E-state index contributed by atoms with van der Waals surface area (Å²) in [6.07, 6.45) is 4.71. The topological polar surface area (TPSA) is 17.0 Å². The third-order valence-electron chi connectivity index (χ3n) is 4.96. The van der Waals surface area contributed by atoms with Crippen molar-refractivity contribution < 1.29 is 0 Å². The van der Waals surface area contributed by atoms with Gasteiger partial charge in [0.2, 0.25) is 0 Å². The molecular formula is C19H18N2. The number of aryl methyl sites for hydroxylation is 2. The van der Waals surface area contributed by atoms with Crippen molar-refractivity contribution >= 4 is 10.9 Å². The van der Waals surface area contributed by atoms with Crippen molar-refractivity contribution in [3.63, 3.8) is 0 Å². The molecule has 3 aromatic rings. The maximum atomic E-state index is 3.43. The Kier molecular flexibility index (Phi) is 2.33. The standard InChI is InChI=1S/C19H18N2/c1-2-14-9-17(10-15-5-7-21(6-1)19(14)15)13-3-4-16-11-20-12-18(16)8-13/h3-5,7-10,20H,1-2,6,11-12H2. The first-order valence-electron chi connectivity index (χ1n) is 7.83. The van der Waals surface area contributed by atoms with E-state index in [1.807, 2.05) is 0 Å². The minimum absolute atomic E-state index is 1.01. The average molecular weight is 274 g/mol. The van der Waals surface area contributed by atoms with E-state index in [1.165, 1.54) is 58.1 Å². The molecule has 2 heteroatoms. The van der Waals surface area contributed by atoms with Gasteiger partial charge in [-0.1, -0.05) is 12.1 Å². The lowest BCUT2D eigenvalue weighted by Crippen LogP contribution is -2.06. The van der Waals surface area contributed by atoms with Gasteiger partial charge in [0.25, 0.3) is 0 Å². The van der Waals surface area contributed by atoms with Crippen LogP contribution in [-0.4, -0.2) is 4.57 Å². The predicted molar refractivity (Wildman–Crippen MR) is 86.2 cm³/mol. The molecule has 2 aromatic carbocycles. The molecule has 21 heavy (non-hydrogen) atoms. The maximum Gasteiger partial charge on any atom is 0.0513 e. The summed E-state index contributed by atoms with van der Waals surface area (Å²) in [6, 6.07) is 13.9. The fourth-order valence-electron chi connectivity index (χ4n) is 3.90. The monoisotopic (exact) mass is 274 g/mol. The lowest BCUT2D eigenvalue weighted by molar-refractivity contribution is 0.636. The maximum absolute atomic E-state index is 3.43. The number of hydrogen-bond acceptors (Lipinski definition) is 1. The van der Waals surface area contributed by atoms with Gasteiger partial charge in [-0.2, -0.15) is 0 Å². The molecule has 104 valence electrons. The van der Waals surface area contributed by atoms with Gasteiger partial charge in [0.1, 0.15) is 0 Å². The summed E-state index contributed by atoms with van der Waals surface area (Å²) >= 11 is 0. The van der Waals surface area contributed by atoms with Crippen LogP contribution >= 0.6 is 0 Å². The summed E-state index contributed by atoms with van der Waals surface area (Å²) in [5, 5.41) is 4.82. The predicted octanol–water partition coefficient (Wildman–Crippen LogP) is 3.86. The van der Waals surface area contributed by atoms with Crippen molar-refractivity contribution in [1.29, 1.82) is 0 Å². The number of nitrogens with one attached hydrogen (secondary N) is 1. The van der Waals surface area contributed by atoms with Crippen LogP contribution in [0.25, 0.3) is 22.0 Å². The van der Waals surface area contributed by atoms with E-state index in [0.717, 1.165) is 13.1 Å². The lowest BCUT2D eigenvalue weighted by atomic mass is 9.95. The van der Waals surface area contributed by atoms with Crippen LogP contribution in [0.4, 0.5) is 0 Å². The van der Waals surface area contributed by atoms with Gasteiger partial charge in [0, 0.05) is 31.2 Å². The van der Waals surface area contributed by atoms with Gasteiger partial charge in [-0.3, -0.25) is 0 Å². The average Bonchev–Trinajstić information content (AvgIpc) is 3.14. The summed E-state index contributed by atoms with van der Waals surface area (Å²) in [6.45, 7) is 3.19. The second kappa shape index (κ2) is 4.22. The van der Waals surface area contributed by atoms with E-state index in [2.05, 4.69) is 52.5 Å².